The fraction of sp³-hybridized carbons (Fsp3) is 0.667. The topological polar surface area (TPSA) is 42.4 Å². The zero-order valence-electron chi connectivity index (χ0n) is 10.9. The van der Waals surface area contributed by atoms with Crippen molar-refractivity contribution in [1.29, 1.82) is 0 Å². The predicted molar refractivity (Wildman–Crippen MR) is 69.2 cm³/mol. The molecule has 1 N–H and O–H groups in total. The fourth-order valence-electron chi connectivity index (χ4n) is 3.18. The molecular weight excluding hydrogens is 226 g/mol. The van der Waals surface area contributed by atoms with Crippen molar-refractivity contribution in [2.45, 2.75) is 50.7 Å². The molecule has 1 saturated heterocycles. The molecule has 1 aliphatic heterocycles. The van der Waals surface area contributed by atoms with E-state index < -0.39 is 0 Å². The minimum Gasteiger partial charge on any atom is -0.388 e. The van der Waals surface area contributed by atoms with E-state index in [2.05, 4.69) is 4.98 Å². The van der Waals surface area contributed by atoms with Gasteiger partial charge in [-0.25, -0.2) is 0 Å². The molecular formula is C15H21NO2. The predicted octanol–water partition coefficient (Wildman–Crippen LogP) is 2.77. The molecule has 1 aromatic heterocycles. The maximum Gasteiger partial charge on any atom is 0.0834 e. The first-order chi connectivity index (χ1) is 8.69. The van der Waals surface area contributed by atoms with Gasteiger partial charge >= 0.3 is 0 Å². The number of hydrogen-bond donors (Lipinski definition) is 1. The molecule has 2 heterocycles. The third kappa shape index (κ3) is 2.17. The first kappa shape index (κ1) is 12.1. The Labute approximate surface area is 108 Å². The van der Waals surface area contributed by atoms with Gasteiger partial charge in [0.1, 0.15) is 0 Å². The maximum absolute atomic E-state index is 10.5. The summed E-state index contributed by atoms with van der Waals surface area (Å²) in [4.78, 5) is 4.27. The minimum atomic E-state index is -0.389. The smallest absolute Gasteiger partial charge is 0.0834 e. The molecule has 2 fully saturated rings. The summed E-state index contributed by atoms with van der Waals surface area (Å²) in [7, 11) is 0. The van der Waals surface area contributed by atoms with Gasteiger partial charge in [-0.2, -0.15) is 0 Å². The van der Waals surface area contributed by atoms with Gasteiger partial charge in [0, 0.05) is 18.5 Å². The van der Waals surface area contributed by atoms with Gasteiger partial charge in [-0.05, 0) is 56.6 Å². The van der Waals surface area contributed by atoms with Gasteiger partial charge in [0.2, 0.25) is 0 Å². The lowest BCUT2D eigenvalue weighted by molar-refractivity contribution is -0.157. The van der Waals surface area contributed by atoms with Crippen LogP contribution in [0.25, 0.3) is 0 Å². The van der Waals surface area contributed by atoms with Crippen molar-refractivity contribution in [1.82, 2.24) is 4.98 Å². The lowest BCUT2D eigenvalue weighted by Gasteiger charge is -2.48. The molecule has 18 heavy (non-hydrogen) atoms. The summed E-state index contributed by atoms with van der Waals surface area (Å²) in [5, 5.41) is 10.5. The Hall–Kier alpha value is -0.930. The van der Waals surface area contributed by atoms with Crippen LogP contribution in [-0.4, -0.2) is 22.3 Å². The molecule has 98 valence electrons. The number of aliphatic hydroxyl groups is 1. The van der Waals surface area contributed by atoms with E-state index in [-0.39, 0.29) is 11.7 Å². The van der Waals surface area contributed by atoms with Crippen molar-refractivity contribution in [3.8, 4) is 0 Å². The van der Waals surface area contributed by atoms with Gasteiger partial charge in [0.15, 0.2) is 0 Å². The number of rotatable bonds is 2. The van der Waals surface area contributed by atoms with Crippen LogP contribution in [0.15, 0.2) is 18.3 Å². The Balaban J connectivity index is 1.71. The molecule has 0 aromatic carbocycles. The first-order valence-electron chi connectivity index (χ1n) is 6.93. The van der Waals surface area contributed by atoms with Gasteiger partial charge < -0.3 is 9.84 Å². The average Bonchev–Trinajstić information content (AvgIpc) is 2.37. The molecule has 1 aliphatic carbocycles. The van der Waals surface area contributed by atoms with E-state index in [1.165, 1.54) is 19.3 Å². The molecule has 0 amide bonds. The molecule has 2 unspecified atom stereocenters. The van der Waals surface area contributed by atoms with Crippen molar-refractivity contribution >= 4 is 0 Å². The van der Waals surface area contributed by atoms with Crippen LogP contribution >= 0.6 is 0 Å². The van der Waals surface area contributed by atoms with E-state index in [4.69, 9.17) is 4.74 Å². The summed E-state index contributed by atoms with van der Waals surface area (Å²) in [6, 6.07) is 3.97. The number of ether oxygens (including phenoxy) is 1. The zero-order chi connectivity index (χ0) is 12.6. The normalized spacial score (nSPS) is 27.8. The van der Waals surface area contributed by atoms with Crippen LogP contribution in [0.1, 0.15) is 49.5 Å². The summed E-state index contributed by atoms with van der Waals surface area (Å²) in [6.45, 7) is 2.76. The van der Waals surface area contributed by atoms with Crippen LogP contribution in [0.5, 0.6) is 0 Å². The van der Waals surface area contributed by atoms with E-state index in [1.807, 2.05) is 25.3 Å². The number of aryl methyl sites for hydroxylation is 1. The van der Waals surface area contributed by atoms with Gasteiger partial charge in [0.25, 0.3) is 0 Å². The van der Waals surface area contributed by atoms with Crippen LogP contribution in [0.3, 0.4) is 0 Å². The molecule has 2 atom stereocenters. The Morgan fingerprint density at radius 3 is 2.89 bits per heavy atom. The molecule has 3 nitrogen and oxygen atoms in total. The fourth-order valence-corrected chi connectivity index (χ4v) is 3.18. The highest BCUT2D eigenvalue weighted by atomic mass is 16.5. The van der Waals surface area contributed by atoms with Crippen LogP contribution in [0, 0.1) is 12.8 Å². The van der Waals surface area contributed by atoms with Crippen molar-refractivity contribution < 1.29 is 9.84 Å². The maximum atomic E-state index is 10.5. The second-order valence-electron chi connectivity index (χ2n) is 5.82. The van der Waals surface area contributed by atoms with Crippen LogP contribution < -0.4 is 0 Å². The molecule has 3 rings (SSSR count). The molecule has 0 bridgehead atoms. The second-order valence-corrected chi connectivity index (χ2v) is 5.82. The number of hydrogen-bond acceptors (Lipinski definition) is 3. The van der Waals surface area contributed by atoms with Gasteiger partial charge in [-0.15, -0.1) is 0 Å². The van der Waals surface area contributed by atoms with E-state index >= 15 is 0 Å². The van der Waals surface area contributed by atoms with E-state index in [9.17, 15) is 5.11 Å². The molecule has 2 aliphatic rings. The number of aromatic nitrogens is 1. The summed E-state index contributed by atoms with van der Waals surface area (Å²) >= 11 is 0. The zero-order valence-corrected chi connectivity index (χ0v) is 10.9. The summed E-state index contributed by atoms with van der Waals surface area (Å²) in [5.74, 6) is 0.323. The minimum absolute atomic E-state index is 0.0992. The Morgan fingerprint density at radius 2 is 2.28 bits per heavy atom. The summed E-state index contributed by atoms with van der Waals surface area (Å²) in [5.41, 5.74) is 2.04. The monoisotopic (exact) mass is 247 g/mol. The first-order valence-corrected chi connectivity index (χ1v) is 6.93. The molecule has 1 aromatic rings. The lowest BCUT2D eigenvalue weighted by atomic mass is 9.70. The van der Waals surface area contributed by atoms with E-state index in [0.29, 0.717) is 5.92 Å². The lowest BCUT2D eigenvalue weighted by Crippen LogP contribution is -2.46. The summed E-state index contributed by atoms with van der Waals surface area (Å²) < 4.78 is 5.91. The van der Waals surface area contributed by atoms with Gasteiger partial charge in [0.05, 0.1) is 11.7 Å². The number of pyridine rings is 1. The standard InChI is InChI=1S/C15H21NO2/c1-11-3-4-13(10-16-11)14(17)12-5-8-18-15(9-12)6-2-7-15/h3-4,10,12,14,17H,2,5-9H2,1H3. The van der Waals surface area contributed by atoms with E-state index in [0.717, 1.165) is 30.7 Å². The van der Waals surface area contributed by atoms with E-state index in [1.54, 1.807) is 0 Å². The van der Waals surface area contributed by atoms with Crippen molar-refractivity contribution in [2.75, 3.05) is 6.61 Å². The quantitative estimate of drug-likeness (QED) is 0.873. The van der Waals surface area contributed by atoms with Crippen molar-refractivity contribution in [3.05, 3.63) is 29.6 Å². The summed E-state index contributed by atoms with van der Waals surface area (Å²) in [6.07, 6.45) is 6.99. The molecule has 3 heteroatoms. The van der Waals surface area contributed by atoms with Gasteiger partial charge in [-0.1, -0.05) is 6.07 Å². The van der Waals surface area contributed by atoms with Crippen molar-refractivity contribution in [3.63, 3.8) is 0 Å². The van der Waals surface area contributed by atoms with Crippen LogP contribution in [0.2, 0.25) is 0 Å². The van der Waals surface area contributed by atoms with Gasteiger partial charge in [-0.3, -0.25) is 4.98 Å². The Morgan fingerprint density at radius 1 is 1.44 bits per heavy atom. The second kappa shape index (κ2) is 4.63. The highest BCUT2D eigenvalue weighted by molar-refractivity contribution is 5.17. The highest BCUT2D eigenvalue weighted by Gasteiger charge is 2.44. The number of nitrogens with zero attached hydrogens (tertiary/aromatic N) is 1. The SMILES string of the molecule is Cc1ccc(C(O)C2CCOC3(CCC3)C2)cn1. The average molecular weight is 247 g/mol. The van der Waals surface area contributed by atoms with Crippen LogP contribution in [-0.2, 0) is 4.74 Å². The third-order valence-corrected chi connectivity index (χ3v) is 4.52. The molecule has 0 radical (unpaired) electrons. The van der Waals surface area contributed by atoms with Crippen LogP contribution in [0.4, 0.5) is 0 Å². The number of aliphatic hydroxyl groups excluding tert-OH is 1. The third-order valence-electron chi connectivity index (χ3n) is 4.52. The largest absolute Gasteiger partial charge is 0.388 e. The molecule has 1 saturated carbocycles. The molecule has 1 spiro atoms. The van der Waals surface area contributed by atoms with Crippen molar-refractivity contribution in [2.24, 2.45) is 5.92 Å². The Bertz CT molecular complexity index is 411. The highest BCUT2D eigenvalue weighted by Crippen LogP contribution is 2.47. The Kier molecular flexibility index (Phi) is 3.12.